The molecule has 0 aliphatic heterocycles. The van der Waals surface area contributed by atoms with E-state index < -0.39 is 33.7 Å². The molecule has 0 spiro atoms. The number of benzene rings is 1. The van der Waals surface area contributed by atoms with Gasteiger partial charge in [0.15, 0.2) is 0 Å². The van der Waals surface area contributed by atoms with E-state index in [-0.39, 0.29) is 10.8 Å². The molecule has 5 N–H and O–H groups in total. The lowest BCUT2D eigenvalue weighted by molar-refractivity contribution is -0.159. The van der Waals surface area contributed by atoms with E-state index in [1.165, 1.54) is 0 Å². The summed E-state index contributed by atoms with van der Waals surface area (Å²) in [5.41, 5.74) is 2.60. The number of sulfone groups is 1. The van der Waals surface area contributed by atoms with Gasteiger partial charge in [0.05, 0.1) is 17.0 Å². The molecule has 0 saturated carbocycles. The third kappa shape index (κ3) is 11.3. The molecule has 0 atom stereocenters. The van der Waals surface area contributed by atoms with E-state index in [9.17, 15) is 8.42 Å². The van der Waals surface area contributed by atoms with E-state index in [2.05, 4.69) is 10.3 Å². The first-order chi connectivity index (χ1) is 21.7. The Morgan fingerprint density at radius 3 is 2.00 bits per heavy atom. The van der Waals surface area contributed by atoms with Crippen LogP contribution in [-0.2, 0) is 35.4 Å². The highest BCUT2D eigenvalue weighted by atomic mass is 32.2. The molecule has 246 valence electrons. The van der Waals surface area contributed by atoms with Gasteiger partial charge in [-0.25, -0.2) is 27.6 Å². The molecular formula is C31H35N3O11S. The lowest BCUT2D eigenvalue weighted by Gasteiger charge is -2.11. The summed E-state index contributed by atoms with van der Waals surface area (Å²) < 4.78 is 34.8. The Morgan fingerprint density at radius 2 is 1.46 bits per heavy atom. The van der Waals surface area contributed by atoms with E-state index in [1.54, 1.807) is 24.3 Å². The van der Waals surface area contributed by atoms with E-state index in [4.69, 9.17) is 44.3 Å². The van der Waals surface area contributed by atoms with Crippen LogP contribution in [0.1, 0.15) is 37.4 Å². The predicted molar refractivity (Wildman–Crippen MR) is 165 cm³/mol. The van der Waals surface area contributed by atoms with Gasteiger partial charge in [-0.3, -0.25) is 4.98 Å². The van der Waals surface area contributed by atoms with Crippen molar-refractivity contribution in [1.29, 1.82) is 0 Å². The molecule has 0 aliphatic rings. The van der Waals surface area contributed by atoms with Crippen LogP contribution in [0.3, 0.4) is 0 Å². The van der Waals surface area contributed by atoms with Crippen LogP contribution in [0.25, 0.3) is 5.52 Å². The van der Waals surface area contributed by atoms with Gasteiger partial charge in [0.2, 0.25) is 9.84 Å². The number of aromatic nitrogens is 2. The molecule has 0 bridgehead atoms. The fourth-order valence-corrected chi connectivity index (χ4v) is 5.71. The van der Waals surface area contributed by atoms with Crippen LogP contribution in [0.4, 0.5) is 0 Å². The number of rotatable bonds is 11. The summed E-state index contributed by atoms with van der Waals surface area (Å²) in [6, 6.07) is 18.3. The molecule has 1 aromatic carbocycles. The number of carboxylic acids is 4. The molecule has 46 heavy (non-hydrogen) atoms. The van der Waals surface area contributed by atoms with E-state index in [0.717, 1.165) is 37.2 Å². The number of carbonyl (C=O) groups is 4. The van der Waals surface area contributed by atoms with E-state index in [1.807, 2.05) is 73.2 Å². The Bertz CT molecular complexity index is 1670. The van der Waals surface area contributed by atoms with Gasteiger partial charge in [0.1, 0.15) is 10.6 Å². The summed E-state index contributed by atoms with van der Waals surface area (Å²) in [6.45, 7) is 6.30. The van der Waals surface area contributed by atoms with Crippen molar-refractivity contribution in [3.8, 4) is 5.75 Å². The molecule has 4 aromatic rings. The van der Waals surface area contributed by atoms with Crippen LogP contribution in [0.2, 0.25) is 0 Å². The zero-order chi connectivity index (χ0) is 34.3. The van der Waals surface area contributed by atoms with Crippen molar-refractivity contribution in [2.45, 2.75) is 42.4 Å². The lowest BCUT2D eigenvalue weighted by Crippen LogP contribution is -2.20. The minimum atomic E-state index is -3.66. The highest BCUT2D eigenvalue weighted by Gasteiger charge is 2.27. The Balaban J connectivity index is 0.000000522. The molecular weight excluding hydrogens is 622 g/mol. The number of carboxylic acid groups (broad SMARTS) is 4. The maximum Gasteiger partial charge on any atom is 0.414 e. The van der Waals surface area contributed by atoms with Gasteiger partial charge in [-0.2, -0.15) is 0 Å². The highest BCUT2D eigenvalue weighted by Crippen LogP contribution is 2.34. The third-order valence-electron chi connectivity index (χ3n) is 6.10. The Kier molecular flexibility index (Phi) is 14.3. The van der Waals surface area contributed by atoms with Crippen LogP contribution >= 0.6 is 0 Å². The molecule has 0 unspecified atom stereocenters. The number of pyridine rings is 2. The van der Waals surface area contributed by atoms with Gasteiger partial charge < -0.3 is 34.9 Å². The molecule has 3 heterocycles. The Labute approximate surface area is 264 Å². The average Bonchev–Trinajstić information content (AvgIpc) is 3.43. The molecule has 15 heteroatoms. The largest absolute Gasteiger partial charge is 0.494 e. The number of fused-ring (bicyclic) bond motifs is 1. The van der Waals surface area contributed by atoms with Crippen molar-refractivity contribution in [3.05, 3.63) is 90.5 Å². The normalized spacial score (nSPS) is 10.7. The van der Waals surface area contributed by atoms with Gasteiger partial charge in [-0.1, -0.05) is 26.0 Å². The summed E-state index contributed by atoms with van der Waals surface area (Å²) in [5, 5.41) is 33.0. The van der Waals surface area contributed by atoms with Crippen molar-refractivity contribution in [2.24, 2.45) is 0 Å². The molecule has 4 rings (SSSR count). The predicted octanol–water partition coefficient (Wildman–Crippen LogP) is 3.20. The maximum atomic E-state index is 13.5. The summed E-state index contributed by atoms with van der Waals surface area (Å²) in [5.74, 6) is -6.54. The number of hydrogen-bond acceptors (Lipinski definition) is 9. The number of aliphatic carboxylic acids is 4. The molecule has 0 aliphatic carbocycles. The monoisotopic (exact) mass is 657 g/mol. The van der Waals surface area contributed by atoms with Crippen LogP contribution in [0.5, 0.6) is 5.75 Å². The topological polar surface area (TPSA) is 222 Å². The van der Waals surface area contributed by atoms with Gasteiger partial charge >= 0.3 is 23.9 Å². The minimum Gasteiger partial charge on any atom is -0.494 e. The Hall–Kier alpha value is -5.28. The molecule has 0 saturated heterocycles. The zero-order valence-corrected chi connectivity index (χ0v) is 25.9. The smallest absolute Gasteiger partial charge is 0.414 e. The SMILES string of the molecule is CC(C)c1cn2ccccc2c1S(=O)(=O)c1ccc(OCCCNCCc2ccccn2)cc1.O=C(O)C(=O)O.O=C(O)C(=O)O. The number of hydrogen-bond donors (Lipinski definition) is 5. The zero-order valence-electron chi connectivity index (χ0n) is 25.1. The molecule has 0 amide bonds. The summed E-state index contributed by atoms with van der Waals surface area (Å²) in [7, 11) is -3.66. The second-order valence-electron chi connectivity index (χ2n) is 9.78. The maximum absolute atomic E-state index is 13.5. The summed E-state index contributed by atoms with van der Waals surface area (Å²) in [4.78, 5) is 41.4. The van der Waals surface area contributed by atoms with Crippen LogP contribution in [0.15, 0.2) is 89.0 Å². The molecule has 0 radical (unpaired) electrons. The van der Waals surface area contributed by atoms with Crippen molar-refractivity contribution < 1.29 is 52.8 Å². The minimum absolute atomic E-state index is 0.0878. The highest BCUT2D eigenvalue weighted by molar-refractivity contribution is 7.91. The standard InChI is InChI=1S/C27H31N3O3S.2C2H2O4/c1-21(2)25-20-30-18-6-4-9-26(30)27(25)34(31,32)24-12-10-23(11-13-24)33-19-7-15-28-17-14-22-8-3-5-16-29-22;2*3-1(4)2(5)6/h3-6,8-13,16,18,20-21,28H,7,14-15,17,19H2,1-2H3;2*(H,3,4)(H,5,6). The van der Waals surface area contributed by atoms with Crippen LogP contribution in [0, 0.1) is 0 Å². The van der Waals surface area contributed by atoms with Crippen LogP contribution < -0.4 is 10.1 Å². The average molecular weight is 658 g/mol. The number of ether oxygens (including phenoxy) is 1. The first kappa shape index (κ1) is 36.9. The van der Waals surface area contributed by atoms with Gasteiger partial charge in [0.25, 0.3) is 0 Å². The fourth-order valence-electron chi connectivity index (χ4n) is 3.93. The summed E-state index contributed by atoms with van der Waals surface area (Å²) in [6.07, 6.45) is 7.35. The van der Waals surface area contributed by atoms with Crippen molar-refractivity contribution in [2.75, 3.05) is 19.7 Å². The second kappa shape index (κ2) is 17.9. The van der Waals surface area contributed by atoms with Crippen LogP contribution in [-0.4, -0.2) is 81.8 Å². The summed E-state index contributed by atoms with van der Waals surface area (Å²) >= 11 is 0. The number of nitrogens with zero attached hydrogens (tertiary/aromatic N) is 2. The van der Waals surface area contributed by atoms with Crippen molar-refractivity contribution in [3.63, 3.8) is 0 Å². The van der Waals surface area contributed by atoms with Crippen molar-refractivity contribution in [1.82, 2.24) is 14.7 Å². The quantitative estimate of drug-likeness (QED) is 0.116. The third-order valence-corrected chi connectivity index (χ3v) is 7.98. The first-order valence-electron chi connectivity index (χ1n) is 13.9. The molecule has 14 nitrogen and oxygen atoms in total. The van der Waals surface area contributed by atoms with Gasteiger partial charge in [0, 0.05) is 37.3 Å². The Morgan fingerprint density at radius 1 is 0.848 bits per heavy atom. The van der Waals surface area contributed by atoms with Gasteiger partial charge in [-0.15, -0.1) is 0 Å². The lowest BCUT2D eigenvalue weighted by atomic mass is 10.1. The number of nitrogens with one attached hydrogen (secondary N) is 1. The van der Waals surface area contributed by atoms with E-state index >= 15 is 0 Å². The van der Waals surface area contributed by atoms with Gasteiger partial charge in [-0.05, 0) is 73.0 Å². The molecule has 3 aromatic heterocycles. The molecule has 0 fully saturated rings. The van der Waals surface area contributed by atoms with Crippen molar-refractivity contribution >= 4 is 39.2 Å². The van der Waals surface area contributed by atoms with E-state index in [0.29, 0.717) is 22.8 Å². The fraction of sp³-hybridized carbons (Fsp3) is 0.258. The second-order valence-corrected chi connectivity index (χ2v) is 11.7. The first-order valence-corrected chi connectivity index (χ1v) is 15.3.